The molecule has 1 rings (SSSR count). The minimum atomic E-state index is -0.0105. The maximum Gasteiger partial charge on any atom is 0.199 e. The van der Waals surface area contributed by atoms with Crippen LogP contribution >= 0.6 is 0 Å². The smallest absolute Gasteiger partial charge is 0.199 e. The third-order valence-electron chi connectivity index (χ3n) is 2.37. The van der Waals surface area contributed by atoms with Gasteiger partial charge in [0.2, 0.25) is 0 Å². The highest BCUT2D eigenvalue weighted by molar-refractivity contribution is 5.02. The summed E-state index contributed by atoms with van der Waals surface area (Å²) in [6.45, 7) is 7.05. The molecule has 2 unspecified atom stereocenters. The zero-order chi connectivity index (χ0) is 8.97. The second-order valence-electron chi connectivity index (χ2n) is 3.22. The summed E-state index contributed by atoms with van der Waals surface area (Å²) in [4.78, 5) is 0. The molecule has 0 aromatic rings. The van der Waals surface area contributed by atoms with E-state index in [4.69, 9.17) is 9.47 Å². The number of allylic oxidation sites excluding steroid dienone is 1. The lowest BCUT2D eigenvalue weighted by atomic mass is 9.93. The van der Waals surface area contributed by atoms with Crippen molar-refractivity contribution in [1.82, 2.24) is 0 Å². The summed E-state index contributed by atoms with van der Waals surface area (Å²) in [6, 6.07) is 0. The Bertz CT molecular complexity index is 163. The van der Waals surface area contributed by atoms with Crippen molar-refractivity contribution in [1.29, 1.82) is 0 Å². The zero-order valence-electron chi connectivity index (χ0n) is 8.17. The molecule has 2 heteroatoms. The van der Waals surface area contributed by atoms with Gasteiger partial charge in [0.15, 0.2) is 6.29 Å². The Morgan fingerprint density at radius 2 is 2.33 bits per heavy atom. The van der Waals surface area contributed by atoms with Crippen LogP contribution in [0.2, 0.25) is 0 Å². The van der Waals surface area contributed by atoms with Gasteiger partial charge in [0, 0.05) is 13.0 Å². The molecule has 0 saturated carbocycles. The molecule has 0 aromatic carbocycles. The SMILES string of the molecule is CCOC1CC(CC)C(C)=CO1. The Morgan fingerprint density at radius 1 is 1.58 bits per heavy atom. The molecular weight excluding hydrogens is 152 g/mol. The second-order valence-corrected chi connectivity index (χ2v) is 3.22. The van der Waals surface area contributed by atoms with Crippen LogP contribution in [0, 0.1) is 5.92 Å². The minimum absolute atomic E-state index is 0.0105. The summed E-state index contributed by atoms with van der Waals surface area (Å²) in [5.41, 5.74) is 1.34. The molecule has 0 amide bonds. The van der Waals surface area contributed by atoms with Gasteiger partial charge < -0.3 is 9.47 Å². The maximum absolute atomic E-state index is 5.40. The largest absolute Gasteiger partial charge is 0.473 e. The summed E-state index contributed by atoms with van der Waals surface area (Å²) in [5, 5.41) is 0. The molecule has 0 radical (unpaired) electrons. The van der Waals surface area contributed by atoms with Gasteiger partial charge in [-0.3, -0.25) is 0 Å². The molecule has 1 aliphatic rings. The first-order chi connectivity index (χ1) is 5.77. The van der Waals surface area contributed by atoms with Gasteiger partial charge in [-0.05, 0) is 31.8 Å². The quantitative estimate of drug-likeness (QED) is 0.648. The lowest BCUT2D eigenvalue weighted by Gasteiger charge is -2.27. The summed E-state index contributed by atoms with van der Waals surface area (Å²) in [6.07, 6.45) is 4.02. The predicted molar refractivity (Wildman–Crippen MR) is 48.7 cm³/mol. The van der Waals surface area contributed by atoms with E-state index in [0.717, 1.165) is 13.0 Å². The average molecular weight is 170 g/mol. The third-order valence-corrected chi connectivity index (χ3v) is 2.37. The highest BCUT2D eigenvalue weighted by Gasteiger charge is 2.21. The summed E-state index contributed by atoms with van der Waals surface area (Å²) >= 11 is 0. The fourth-order valence-corrected chi connectivity index (χ4v) is 1.54. The van der Waals surface area contributed by atoms with Crippen molar-refractivity contribution >= 4 is 0 Å². The molecule has 0 N–H and O–H groups in total. The van der Waals surface area contributed by atoms with E-state index in [9.17, 15) is 0 Å². The Morgan fingerprint density at radius 3 is 2.92 bits per heavy atom. The maximum atomic E-state index is 5.40. The van der Waals surface area contributed by atoms with E-state index >= 15 is 0 Å². The van der Waals surface area contributed by atoms with Gasteiger partial charge in [-0.15, -0.1) is 0 Å². The normalized spacial score (nSPS) is 29.4. The Balaban J connectivity index is 2.46. The van der Waals surface area contributed by atoms with E-state index < -0.39 is 0 Å². The standard InChI is InChI=1S/C10H18O2/c1-4-9-6-10(11-5-2)12-7-8(9)3/h7,9-10H,4-6H2,1-3H3. The van der Waals surface area contributed by atoms with Gasteiger partial charge in [0.25, 0.3) is 0 Å². The number of hydrogen-bond acceptors (Lipinski definition) is 2. The van der Waals surface area contributed by atoms with E-state index in [1.807, 2.05) is 13.2 Å². The summed E-state index contributed by atoms with van der Waals surface area (Å²) in [7, 11) is 0. The first-order valence-electron chi connectivity index (χ1n) is 4.71. The van der Waals surface area contributed by atoms with Crippen molar-refractivity contribution in [3.8, 4) is 0 Å². The van der Waals surface area contributed by atoms with Crippen LogP contribution in [0.5, 0.6) is 0 Å². The monoisotopic (exact) mass is 170 g/mol. The average Bonchev–Trinajstić information content (AvgIpc) is 2.09. The number of rotatable bonds is 3. The third kappa shape index (κ3) is 2.24. The highest BCUT2D eigenvalue weighted by Crippen LogP contribution is 2.26. The molecule has 0 spiro atoms. The Hall–Kier alpha value is -0.500. The van der Waals surface area contributed by atoms with E-state index in [1.165, 1.54) is 12.0 Å². The predicted octanol–water partition coefficient (Wildman–Crippen LogP) is 2.70. The van der Waals surface area contributed by atoms with Crippen molar-refractivity contribution in [2.75, 3.05) is 6.61 Å². The van der Waals surface area contributed by atoms with Crippen molar-refractivity contribution in [3.05, 3.63) is 11.8 Å². The fraction of sp³-hybridized carbons (Fsp3) is 0.800. The second kappa shape index (κ2) is 4.51. The lowest BCUT2D eigenvalue weighted by molar-refractivity contribution is -0.121. The van der Waals surface area contributed by atoms with Crippen LogP contribution in [0.3, 0.4) is 0 Å². The lowest BCUT2D eigenvalue weighted by Crippen LogP contribution is -2.23. The first kappa shape index (κ1) is 9.59. The van der Waals surface area contributed by atoms with Gasteiger partial charge in [-0.2, -0.15) is 0 Å². The van der Waals surface area contributed by atoms with Crippen molar-refractivity contribution in [2.24, 2.45) is 5.92 Å². The van der Waals surface area contributed by atoms with Crippen LogP contribution in [0.1, 0.15) is 33.6 Å². The molecule has 0 saturated heterocycles. The summed E-state index contributed by atoms with van der Waals surface area (Å²) < 4.78 is 10.8. The van der Waals surface area contributed by atoms with Crippen LogP contribution in [0.4, 0.5) is 0 Å². The number of hydrogen-bond donors (Lipinski definition) is 0. The Labute approximate surface area is 74.6 Å². The molecular formula is C10H18O2. The van der Waals surface area contributed by atoms with Gasteiger partial charge in [0.05, 0.1) is 6.26 Å². The van der Waals surface area contributed by atoms with Crippen LogP contribution < -0.4 is 0 Å². The topological polar surface area (TPSA) is 18.5 Å². The van der Waals surface area contributed by atoms with E-state index in [2.05, 4.69) is 13.8 Å². The molecule has 0 aromatic heterocycles. The Kier molecular flexibility index (Phi) is 3.60. The molecule has 1 heterocycles. The number of ether oxygens (including phenoxy) is 2. The summed E-state index contributed by atoms with van der Waals surface area (Å²) in [5.74, 6) is 0.648. The molecule has 0 fully saturated rings. The molecule has 0 bridgehead atoms. The van der Waals surface area contributed by atoms with Crippen LogP contribution in [0.15, 0.2) is 11.8 Å². The van der Waals surface area contributed by atoms with Gasteiger partial charge in [-0.25, -0.2) is 0 Å². The molecule has 2 nitrogen and oxygen atoms in total. The van der Waals surface area contributed by atoms with Crippen molar-refractivity contribution in [3.63, 3.8) is 0 Å². The molecule has 70 valence electrons. The van der Waals surface area contributed by atoms with E-state index in [1.54, 1.807) is 0 Å². The van der Waals surface area contributed by atoms with E-state index in [0.29, 0.717) is 5.92 Å². The minimum Gasteiger partial charge on any atom is -0.473 e. The zero-order valence-corrected chi connectivity index (χ0v) is 8.17. The van der Waals surface area contributed by atoms with Crippen molar-refractivity contribution in [2.45, 2.75) is 39.9 Å². The van der Waals surface area contributed by atoms with Crippen molar-refractivity contribution < 1.29 is 9.47 Å². The van der Waals surface area contributed by atoms with Gasteiger partial charge in [-0.1, -0.05) is 6.92 Å². The molecule has 12 heavy (non-hydrogen) atoms. The molecule has 2 atom stereocenters. The molecule has 0 aliphatic carbocycles. The van der Waals surface area contributed by atoms with Gasteiger partial charge in [0.1, 0.15) is 0 Å². The van der Waals surface area contributed by atoms with Crippen LogP contribution in [0.25, 0.3) is 0 Å². The first-order valence-corrected chi connectivity index (χ1v) is 4.71. The van der Waals surface area contributed by atoms with Gasteiger partial charge >= 0.3 is 0 Å². The fourth-order valence-electron chi connectivity index (χ4n) is 1.54. The van der Waals surface area contributed by atoms with Crippen LogP contribution in [-0.2, 0) is 9.47 Å². The van der Waals surface area contributed by atoms with Crippen LogP contribution in [-0.4, -0.2) is 12.9 Å². The highest BCUT2D eigenvalue weighted by atomic mass is 16.7. The van der Waals surface area contributed by atoms with E-state index in [-0.39, 0.29) is 6.29 Å². The molecule has 1 aliphatic heterocycles.